The number of hydrogen-bond acceptors (Lipinski definition) is 3. The van der Waals surface area contributed by atoms with E-state index in [0.29, 0.717) is 0 Å². The quantitative estimate of drug-likeness (QED) is 0.404. The summed E-state index contributed by atoms with van der Waals surface area (Å²) in [7, 11) is 4.01. The third-order valence-corrected chi connectivity index (χ3v) is 2.86. The topological polar surface area (TPSA) is 27.6 Å². The first-order valence-electron chi connectivity index (χ1n) is 4.73. The van der Waals surface area contributed by atoms with Crippen molar-refractivity contribution in [1.29, 1.82) is 0 Å². The molecule has 0 aromatic heterocycles. The Balaban J connectivity index is 3.41. The van der Waals surface area contributed by atoms with Crippen LogP contribution >= 0.6 is 11.9 Å². The molecule has 1 N–H and O–H groups in total. The van der Waals surface area contributed by atoms with Gasteiger partial charge in [-0.2, -0.15) is 0 Å². The van der Waals surface area contributed by atoms with Crippen LogP contribution in [0.15, 0.2) is 4.99 Å². The maximum Gasteiger partial charge on any atom is 0.0929 e. The molecule has 0 aliphatic carbocycles. The molecule has 0 bridgehead atoms. The monoisotopic (exact) mass is 203 g/mol. The van der Waals surface area contributed by atoms with Crippen LogP contribution in [0.2, 0.25) is 0 Å². The molecule has 0 fully saturated rings. The predicted octanol–water partition coefficient (Wildman–Crippen LogP) is 1.61. The second kappa shape index (κ2) is 8.38. The van der Waals surface area contributed by atoms with E-state index in [2.05, 4.69) is 28.6 Å². The lowest BCUT2D eigenvalue weighted by Crippen LogP contribution is -2.18. The summed E-state index contributed by atoms with van der Waals surface area (Å²) < 4.78 is 2.25. The lowest BCUT2D eigenvalue weighted by atomic mass is 10.6. The Hall–Kier alpha value is -0.220. The molecule has 0 aromatic rings. The van der Waals surface area contributed by atoms with Gasteiger partial charge in [0.1, 0.15) is 0 Å². The molecule has 0 atom stereocenters. The van der Waals surface area contributed by atoms with E-state index in [1.54, 1.807) is 0 Å². The van der Waals surface area contributed by atoms with Crippen molar-refractivity contribution < 1.29 is 0 Å². The van der Waals surface area contributed by atoms with E-state index < -0.39 is 0 Å². The third kappa shape index (κ3) is 8.12. The maximum absolute atomic E-state index is 4.34. The minimum absolute atomic E-state index is 0.875. The first kappa shape index (κ1) is 12.8. The lowest BCUT2D eigenvalue weighted by Gasteiger charge is -2.13. The van der Waals surface area contributed by atoms with Gasteiger partial charge in [-0.3, -0.25) is 9.30 Å². The molecule has 0 aliphatic rings. The molecule has 3 nitrogen and oxygen atoms in total. The van der Waals surface area contributed by atoms with Gasteiger partial charge in [0.2, 0.25) is 0 Å². The molecular formula is C9H21N3S. The summed E-state index contributed by atoms with van der Waals surface area (Å²) in [5, 5.41) is 3.01. The van der Waals surface area contributed by atoms with Crippen LogP contribution in [0.5, 0.6) is 0 Å². The standard InChI is InChI=1S/C9H21N3S/c1-5-8-13-12(4)7-6-11-9(2)10-3/h5-8H2,1-4H3,(H,10,11). The lowest BCUT2D eigenvalue weighted by molar-refractivity contribution is 0.576. The van der Waals surface area contributed by atoms with Crippen molar-refractivity contribution in [3.05, 3.63) is 0 Å². The highest BCUT2D eigenvalue weighted by Crippen LogP contribution is 2.06. The highest BCUT2D eigenvalue weighted by molar-refractivity contribution is 7.96. The van der Waals surface area contributed by atoms with Crippen LogP contribution in [0.4, 0.5) is 0 Å². The van der Waals surface area contributed by atoms with E-state index in [4.69, 9.17) is 0 Å². The van der Waals surface area contributed by atoms with Gasteiger partial charge in [-0.1, -0.05) is 18.9 Å². The number of amidine groups is 1. The Morgan fingerprint density at radius 3 is 2.77 bits per heavy atom. The molecule has 0 aromatic carbocycles. The molecule has 13 heavy (non-hydrogen) atoms. The summed E-state index contributed by atoms with van der Waals surface area (Å²) in [6, 6.07) is 0. The summed E-state index contributed by atoms with van der Waals surface area (Å²) >= 11 is 1.88. The van der Waals surface area contributed by atoms with Crippen molar-refractivity contribution >= 4 is 17.8 Å². The molecule has 78 valence electrons. The van der Waals surface area contributed by atoms with Gasteiger partial charge in [0, 0.05) is 19.3 Å². The van der Waals surface area contributed by atoms with Crippen LogP contribution in [0.1, 0.15) is 20.3 Å². The van der Waals surface area contributed by atoms with Crippen molar-refractivity contribution in [2.24, 2.45) is 4.99 Å². The van der Waals surface area contributed by atoms with E-state index in [-0.39, 0.29) is 0 Å². The summed E-state index contributed by atoms with van der Waals surface area (Å²) in [6.45, 7) is 6.08. The van der Waals surface area contributed by atoms with Gasteiger partial charge in [-0.25, -0.2) is 0 Å². The molecule has 0 spiro atoms. The average Bonchev–Trinajstić information content (AvgIpc) is 2.14. The zero-order valence-electron chi connectivity index (χ0n) is 9.13. The van der Waals surface area contributed by atoms with E-state index in [0.717, 1.165) is 18.9 Å². The number of rotatable bonds is 6. The zero-order chi connectivity index (χ0) is 10.1. The van der Waals surface area contributed by atoms with Crippen molar-refractivity contribution in [2.45, 2.75) is 20.3 Å². The number of hydrogen-bond donors (Lipinski definition) is 1. The smallest absolute Gasteiger partial charge is 0.0929 e. The summed E-state index contributed by atoms with van der Waals surface area (Å²) in [5.74, 6) is 2.21. The third-order valence-electron chi connectivity index (χ3n) is 1.64. The van der Waals surface area contributed by atoms with E-state index in [1.165, 1.54) is 12.2 Å². The highest BCUT2D eigenvalue weighted by Gasteiger charge is 1.96. The van der Waals surface area contributed by atoms with Gasteiger partial charge in [0.25, 0.3) is 0 Å². The summed E-state index contributed by atoms with van der Waals surface area (Å²) in [4.78, 5) is 4.34. The van der Waals surface area contributed by atoms with Gasteiger partial charge in [0.05, 0.1) is 12.4 Å². The predicted molar refractivity (Wildman–Crippen MR) is 62.4 cm³/mol. The van der Waals surface area contributed by atoms with E-state index >= 15 is 0 Å². The van der Waals surface area contributed by atoms with Gasteiger partial charge >= 0.3 is 0 Å². The van der Waals surface area contributed by atoms with E-state index in [1.807, 2.05) is 25.9 Å². The normalized spacial score (nSPS) is 12.2. The number of nitrogens with one attached hydrogen (secondary N) is 1. The Morgan fingerprint density at radius 2 is 2.23 bits per heavy atom. The fourth-order valence-corrected chi connectivity index (χ4v) is 1.45. The Labute approximate surface area is 86.1 Å². The zero-order valence-corrected chi connectivity index (χ0v) is 9.95. The van der Waals surface area contributed by atoms with Crippen LogP contribution < -0.4 is 5.32 Å². The van der Waals surface area contributed by atoms with Gasteiger partial charge in [-0.15, -0.1) is 0 Å². The molecule has 0 rings (SSSR count). The molecule has 0 unspecified atom stereocenters. The molecule has 0 heterocycles. The average molecular weight is 203 g/mol. The molecule has 0 radical (unpaired) electrons. The Bertz CT molecular complexity index is 148. The minimum atomic E-state index is 0.875. The summed E-state index contributed by atoms with van der Waals surface area (Å²) in [6.07, 6.45) is 1.23. The van der Waals surface area contributed by atoms with Crippen molar-refractivity contribution in [3.8, 4) is 0 Å². The largest absolute Gasteiger partial charge is 0.377 e. The van der Waals surface area contributed by atoms with Crippen molar-refractivity contribution in [3.63, 3.8) is 0 Å². The Morgan fingerprint density at radius 1 is 1.54 bits per heavy atom. The van der Waals surface area contributed by atoms with Crippen LogP contribution in [-0.4, -0.2) is 43.1 Å². The van der Waals surface area contributed by atoms with Crippen LogP contribution in [0.3, 0.4) is 0 Å². The fourth-order valence-electron chi connectivity index (χ4n) is 0.749. The van der Waals surface area contributed by atoms with Crippen LogP contribution in [-0.2, 0) is 0 Å². The highest BCUT2D eigenvalue weighted by atomic mass is 32.2. The van der Waals surface area contributed by atoms with Gasteiger partial charge in [0.15, 0.2) is 0 Å². The molecule has 0 saturated carbocycles. The fraction of sp³-hybridized carbons (Fsp3) is 0.889. The first-order valence-corrected chi connectivity index (χ1v) is 5.67. The molecular weight excluding hydrogens is 182 g/mol. The number of nitrogens with zero attached hydrogens (tertiary/aromatic N) is 2. The molecule has 0 amide bonds. The van der Waals surface area contributed by atoms with Gasteiger partial charge in [-0.05, 0) is 20.4 Å². The Kier molecular flexibility index (Phi) is 8.24. The van der Waals surface area contributed by atoms with E-state index in [9.17, 15) is 0 Å². The molecule has 4 heteroatoms. The van der Waals surface area contributed by atoms with Crippen LogP contribution in [0, 0.1) is 0 Å². The van der Waals surface area contributed by atoms with Gasteiger partial charge < -0.3 is 5.32 Å². The molecule has 0 saturated heterocycles. The maximum atomic E-state index is 4.34. The van der Waals surface area contributed by atoms with Crippen molar-refractivity contribution in [2.75, 3.05) is 32.9 Å². The SMILES string of the molecule is CCCSN(C)CC/N=C(\C)NC. The number of likely N-dealkylation sites (N-methyl/N-ethyl adjacent to an activating group) is 1. The van der Waals surface area contributed by atoms with Crippen LogP contribution in [0.25, 0.3) is 0 Å². The number of aliphatic imine (C=N–C) groups is 1. The van der Waals surface area contributed by atoms with Crippen molar-refractivity contribution in [1.82, 2.24) is 9.62 Å². The second-order valence-electron chi connectivity index (χ2n) is 2.90. The second-order valence-corrected chi connectivity index (χ2v) is 4.19. The first-order chi connectivity index (χ1) is 6.20. The molecule has 0 aliphatic heterocycles. The summed E-state index contributed by atoms with van der Waals surface area (Å²) in [5.41, 5.74) is 0. The minimum Gasteiger partial charge on any atom is -0.377 e.